The Balaban J connectivity index is 1.82. The van der Waals surface area contributed by atoms with Crippen LogP contribution in [0.15, 0.2) is 30.5 Å². The van der Waals surface area contributed by atoms with E-state index < -0.39 is 0 Å². The summed E-state index contributed by atoms with van der Waals surface area (Å²) in [5, 5.41) is 7.80. The van der Waals surface area contributed by atoms with Crippen LogP contribution in [0.1, 0.15) is 17.3 Å². The molecule has 94 valence electrons. The van der Waals surface area contributed by atoms with Gasteiger partial charge in [0.05, 0.1) is 24.5 Å². The lowest BCUT2D eigenvalue weighted by molar-refractivity contribution is 0.197. The van der Waals surface area contributed by atoms with Gasteiger partial charge in [0.1, 0.15) is 5.75 Å². The van der Waals surface area contributed by atoms with Crippen LogP contribution in [0.25, 0.3) is 0 Å². The second kappa shape index (κ2) is 4.42. The number of aryl methyl sites for hydroxylation is 1. The van der Waals surface area contributed by atoms with Crippen LogP contribution in [-0.2, 0) is 13.5 Å². The number of para-hydroxylation sites is 1. The van der Waals surface area contributed by atoms with E-state index in [2.05, 4.69) is 16.4 Å². The van der Waals surface area contributed by atoms with Gasteiger partial charge in [0.15, 0.2) is 0 Å². The lowest BCUT2D eigenvalue weighted by Gasteiger charge is -2.29. The lowest BCUT2D eigenvalue weighted by Crippen LogP contribution is -2.32. The average Bonchev–Trinajstić information content (AvgIpc) is 2.83. The Labute approximate surface area is 106 Å². The second-order valence-electron chi connectivity index (χ2n) is 4.69. The van der Waals surface area contributed by atoms with E-state index in [9.17, 15) is 0 Å². The molecule has 1 aliphatic rings. The quantitative estimate of drug-likeness (QED) is 0.858. The topological polar surface area (TPSA) is 66.0 Å². The maximum atomic E-state index is 6.29. The molecule has 0 saturated carbocycles. The number of aromatic nitrogens is 3. The zero-order chi connectivity index (χ0) is 12.5. The molecule has 0 radical (unpaired) electrons. The number of rotatable bonds is 2. The zero-order valence-electron chi connectivity index (χ0n) is 10.3. The maximum Gasteiger partial charge on any atom is 0.122 e. The third kappa shape index (κ3) is 1.86. The highest BCUT2D eigenvalue weighted by Gasteiger charge is 2.27. The van der Waals surface area contributed by atoms with Crippen molar-refractivity contribution in [3.8, 4) is 5.75 Å². The van der Waals surface area contributed by atoms with Crippen molar-refractivity contribution < 1.29 is 4.74 Å². The minimum absolute atomic E-state index is 0.0987. The molecular weight excluding hydrogens is 228 g/mol. The van der Waals surface area contributed by atoms with Gasteiger partial charge in [0.2, 0.25) is 0 Å². The fourth-order valence-electron chi connectivity index (χ4n) is 2.42. The third-order valence-electron chi connectivity index (χ3n) is 3.51. The minimum Gasteiger partial charge on any atom is -0.493 e. The Morgan fingerprint density at radius 3 is 3.06 bits per heavy atom. The number of benzene rings is 1. The Morgan fingerprint density at radius 2 is 2.28 bits per heavy atom. The Hall–Kier alpha value is -1.88. The van der Waals surface area contributed by atoms with Gasteiger partial charge in [-0.3, -0.25) is 4.68 Å². The van der Waals surface area contributed by atoms with Gasteiger partial charge in [-0.1, -0.05) is 23.4 Å². The number of nitrogens with two attached hydrogens (primary N) is 1. The first kappa shape index (κ1) is 11.2. The molecule has 0 amide bonds. The molecule has 2 atom stereocenters. The fourth-order valence-corrected chi connectivity index (χ4v) is 2.42. The molecule has 1 aliphatic heterocycles. The van der Waals surface area contributed by atoms with Crippen molar-refractivity contribution in [1.29, 1.82) is 0 Å². The monoisotopic (exact) mass is 244 g/mol. The van der Waals surface area contributed by atoms with Crippen LogP contribution in [0.4, 0.5) is 0 Å². The maximum absolute atomic E-state index is 6.29. The molecule has 5 nitrogen and oxygen atoms in total. The van der Waals surface area contributed by atoms with Gasteiger partial charge >= 0.3 is 0 Å². The molecule has 0 saturated heterocycles. The molecule has 0 spiro atoms. The normalized spacial score (nSPS) is 20.0. The molecule has 5 heteroatoms. The van der Waals surface area contributed by atoms with Crippen LogP contribution in [0, 0.1) is 5.92 Å². The van der Waals surface area contributed by atoms with E-state index in [1.165, 1.54) is 5.56 Å². The van der Waals surface area contributed by atoms with E-state index in [1.807, 2.05) is 25.2 Å². The van der Waals surface area contributed by atoms with Crippen molar-refractivity contribution in [2.24, 2.45) is 18.7 Å². The van der Waals surface area contributed by atoms with Crippen molar-refractivity contribution in [1.82, 2.24) is 15.0 Å². The summed E-state index contributed by atoms with van der Waals surface area (Å²) in [7, 11) is 1.86. The SMILES string of the molecule is Cn1nncc1C(N)C1COc2ccccc2C1. The summed E-state index contributed by atoms with van der Waals surface area (Å²) < 4.78 is 7.49. The Kier molecular flexibility index (Phi) is 2.76. The molecule has 1 aromatic carbocycles. The van der Waals surface area contributed by atoms with Crippen LogP contribution in [0.2, 0.25) is 0 Å². The van der Waals surface area contributed by atoms with E-state index in [0.717, 1.165) is 17.9 Å². The van der Waals surface area contributed by atoms with E-state index in [4.69, 9.17) is 10.5 Å². The van der Waals surface area contributed by atoms with Gasteiger partial charge in [-0.15, -0.1) is 5.10 Å². The summed E-state index contributed by atoms with van der Waals surface area (Å²) >= 11 is 0. The molecule has 3 rings (SSSR count). The average molecular weight is 244 g/mol. The first-order chi connectivity index (χ1) is 8.75. The van der Waals surface area contributed by atoms with Crippen LogP contribution >= 0.6 is 0 Å². The van der Waals surface area contributed by atoms with Gasteiger partial charge in [-0.2, -0.15) is 0 Å². The van der Waals surface area contributed by atoms with Crippen molar-refractivity contribution in [2.45, 2.75) is 12.5 Å². The van der Waals surface area contributed by atoms with E-state index in [0.29, 0.717) is 6.61 Å². The minimum atomic E-state index is -0.0987. The number of hydrogen-bond donors (Lipinski definition) is 1. The van der Waals surface area contributed by atoms with E-state index >= 15 is 0 Å². The first-order valence-corrected chi connectivity index (χ1v) is 6.06. The number of hydrogen-bond acceptors (Lipinski definition) is 4. The van der Waals surface area contributed by atoms with Crippen LogP contribution in [-0.4, -0.2) is 21.6 Å². The number of ether oxygens (including phenoxy) is 1. The molecular formula is C13H16N4O. The van der Waals surface area contributed by atoms with Crippen molar-refractivity contribution >= 4 is 0 Å². The summed E-state index contributed by atoms with van der Waals surface area (Å²) in [6.45, 7) is 0.642. The Bertz CT molecular complexity index is 551. The molecule has 1 aromatic heterocycles. The van der Waals surface area contributed by atoms with Gasteiger partial charge in [0, 0.05) is 13.0 Å². The number of fused-ring (bicyclic) bond motifs is 1. The molecule has 18 heavy (non-hydrogen) atoms. The van der Waals surface area contributed by atoms with Crippen molar-refractivity contribution in [2.75, 3.05) is 6.61 Å². The third-order valence-corrected chi connectivity index (χ3v) is 3.51. The summed E-state index contributed by atoms with van der Waals surface area (Å²) in [5.41, 5.74) is 8.46. The molecule has 0 bridgehead atoms. The highest BCUT2D eigenvalue weighted by molar-refractivity contribution is 5.35. The largest absolute Gasteiger partial charge is 0.493 e. The highest BCUT2D eigenvalue weighted by Crippen LogP contribution is 2.31. The molecule has 2 aromatic rings. The summed E-state index contributed by atoms with van der Waals surface area (Å²) in [4.78, 5) is 0. The molecule has 0 fully saturated rings. The smallest absolute Gasteiger partial charge is 0.122 e. The second-order valence-corrected chi connectivity index (χ2v) is 4.69. The molecule has 2 heterocycles. The highest BCUT2D eigenvalue weighted by atomic mass is 16.5. The van der Waals surface area contributed by atoms with Crippen LogP contribution < -0.4 is 10.5 Å². The molecule has 2 unspecified atom stereocenters. The molecule has 0 aliphatic carbocycles. The van der Waals surface area contributed by atoms with Crippen LogP contribution in [0.3, 0.4) is 0 Å². The van der Waals surface area contributed by atoms with Gasteiger partial charge < -0.3 is 10.5 Å². The predicted molar refractivity (Wildman–Crippen MR) is 67.1 cm³/mol. The number of nitrogens with zero attached hydrogens (tertiary/aromatic N) is 3. The Morgan fingerprint density at radius 1 is 1.44 bits per heavy atom. The summed E-state index contributed by atoms with van der Waals surface area (Å²) in [5.74, 6) is 1.24. The fraction of sp³-hybridized carbons (Fsp3) is 0.385. The van der Waals surface area contributed by atoms with Gasteiger partial charge in [-0.05, 0) is 18.1 Å². The summed E-state index contributed by atoms with van der Waals surface area (Å²) in [6, 6.07) is 8.02. The van der Waals surface area contributed by atoms with Gasteiger partial charge in [0.25, 0.3) is 0 Å². The zero-order valence-corrected chi connectivity index (χ0v) is 10.3. The van der Waals surface area contributed by atoms with Crippen molar-refractivity contribution in [3.63, 3.8) is 0 Å². The van der Waals surface area contributed by atoms with Crippen LogP contribution in [0.5, 0.6) is 5.75 Å². The van der Waals surface area contributed by atoms with E-state index in [-0.39, 0.29) is 12.0 Å². The molecule has 2 N–H and O–H groups in total. The first-order valence-electron chi connectivity index (χ1n) is 6.06. The van der Waals surface area contributed by atoms with E-state index in [1.54, 1.807) is 10.9 Å². The standard InChI is InChI=1S/C13H16N4O/c1-17-11(7-15-16-17)13(14)10-6-9-4-2-3-5-12(9)18-8-10/h2-5,7,10,13H,6,8,14H2,1H3. The lowest BCUT2D eigenvalue weighted by atomic mass is 9.89. The summed E-state index contributed by atoms with van der Waals surface area (Å²) in [6.07, 6.45) is 2.66. The van der Waals surface area contributed by atoms with Crippen molar-refractivity contribution in [3.05, 3.63) is 41.7 Å². The van der Waals surface area contributed by atoms with Gasteiger partial charge in [-0.25, -0.2) is 0 Å². The predicted octanol–water partition coefficient (Wildman–Crippen LogP) is 1.07.